The van der Waals surface area contributed by atoms with Gasteiger partial charge < -0.3 is 15.0 Å². The molecule has 6 heteroatoms. The van der Waals surface area contributed by atoms with Gasteiger partial charge in [0.2, 0.25) is 0 Å². The molecular weight excluding hydrogens is 347 g/mol. The van der Waals surface area contributed by atoms with Gasteiger partial charge in [0.15, 0.2) is 6.61 Å². The van der Waals surface area contributed by atoms with E-state index in [2.05, 4.69) is 29.6 Å². The van der Waals surface area contributed by atoms with E-state index in [0.29, 0.717) is 22.3 Å². The Bertz CT molecular complexity index is 688. The number of carbonyl (C=O) groups excluding carboxylic acids is 1. The average molecular weight is 367 g/mol. The van der Waals surface area contributed by atoms with Crippen LogP contribution in [0.4, 0.5) is 5.69 Å². The summed E-state index contributed by atoms with van der Waals surface area (Å²) >= 11 is 11.8. The van der Waals surface area contributed by atoms with Gasteiger partial charge in [-0.05, 0) is 42.3 Å². The van der Waals surface area contributed by atoms with Crippen molar-refractivity contribution in [1.29, 1.82) is 0 Å². The SMILES string of the molecule is CN(C)c1ccc(CCNC(=O)COc2ccc(Cl)cc2Cl)cc1. The highest BCUT2D eigenvalue weighted by Gasteiger charge is 2.06. The van der Waals surface area contributed by atoms with Gasteiger partial charge in [-0.2, -0.15) is 0 Å². The van der Waals surface area contributed by atoms with Crippen LogP contribution in [0.3, 0.4) is 0 Å². The zero-order valence-corrected chi connectivity index (χ0v) is 15.2. The van der Waals surface area contributed by atoms with Crippen molar-refractivity contribution in [2.24, 2.45) is 0 Å². The summed E-state index contributed by atoms with van der Waals surface area (Å²) in [6.45, 7) is 0.471. The Labute approximate surface area is 152 Å². The van der Waals surface area contributed by atoms with Gasteiger partial charge in [-0.1, -0.05) is 35.3 Å². The van der Waals surface area contributed by atoms with E-state index in [4.69, 9.17) is 27.9 Å². The van der Waals surface area contributed by atoms with Crippen molar-refractivity contribution in [2.75, 3.05) is 32.1 Å². The molecule has 0 fully saturated rings. The lowest BCUT2D eigenvalue weighted by Crippen LogP contribution is -2.30. The molecule has 0 saturated carbocycles. The number of nitrogens with zero attached hydrogens (tertiary/aromatic N) is 1. The minimum Gasteiger partial charge on any atom is -0.482 e. The van der Waals surface area contributed by atoms with Crippen LogP contribution < -0.4 is 15.0 Å². The van der Waals surface area contributed by atoms with E-state index < -0.39 is 0 Å². The fourth-order valence-corrected chi connectivity index (χ4v) is 2.56. The van der Waals surface area contributed by atoms with E-state index in [1.807, 2.05) is 19.0 Å². The summed E-state index contributed by atoms with van der Waals surface area (Å²) in [5.41, 5.74) is 2.32. The van der Waals surface area contributed by atoms with Crippen molar-refractivity contribution in [1.82, 2.24) is 5.32 Å². The molecule has 0 radical (unpaired) electrons. The van der Waals surface area contributed by atoms with Crippen LogP contribution >= 0.6 is 23.2 Å². The second-order valence-electron chi connectivity index (χ2n) is 5.52. The Morgan fingerprint density at radius 2 is 1.83 bits per heavy atom. The first-order valence-electron chi connectivity index (χ1n) is 7.56. The zero-order valence-electron chi connectivity index (χ0n) is 13.7. The monoisotopic (exact) mass is 366 g/mol. The van der Waals surface area contributed by atoms with E-state index in [1.54, 1.807) is 18.2 Å². The summed E-state index contributed by atoms with van der Waals surface area (Å²) in [6.07, 6.45) is 0.765. The van der Waals surface area contributed by atoms with Crippen LogP contribution in [0.15, 0.2) is 42.5 Å². The highest BCUT2D eigenvalue weighted by molar-refractivity contribution is 6.35. The molecule has 24 heavy (non-hydrogen) atoms. The highest BCUT2D eigenvalue weighted by Crippen LogP contribution is 2.27. The van der Waals surface area contributed by atoms with E-state index in [0.717, 1.165) is 12.1 Å². The predicted octanol–water partition coefficient (Wildman–Crippen LogP) is 3.80. The number of ether oxygens (including phenoxy) is 1. The second kappa shape index (κ2) is 8.81. The van der Waals surface area contributed by atoms with Gasteiger partial charge in [-0.15, -0.1) is 0 Å². The van der Waals surface area contributed by atoms with Crippen LogP contribution in [0.25, 0.3) is 0 Å². The number of benzene rings is 2. The lowest BCUT2D eigenvalue weighted by molar-refractivity contribution is -0.123. The van der Waals surface area contributed by atoms with Gasteiger partial charge >= 0.3 is 0 Å². The van der Waals surface area contributed by atoms with Crippen LogP contribution in [-0.2, 0) is 11.2 Å². The molecule has 2 rings (SSSR count). The highest BCUT2D eigenvalue weighted by atomic mass is 35.5. The Kier molecular flexibility index (Phi) is 6.76. The first kappa shape index (κ1) is 18.4. The van der Waals surface area contributed by atoms with E-state index >= 15 is 0 Å². The second-order valence-corrected chi connectivity index (χ2v) is 6.37. The minimum absolute atomic E-state index is 0.0824. The van der Waals surface area contributed by atoms with Gasteiger partial charge in [0.25, 0.3) is 5.91 Å². The standard InChI is InChI=1S/C18H20Cl2N2O2/c1-22(2)15-6-3-13(4-7-15)9-10-21-18(23)12-24-17-8-5-14(19)11-16(17)20/h3-8,11H,9-10,12H2,1-2H3,(H,21,23). The molecule has 0 aliphatic heterocycles. The molecule has 0 heterocycles. The summed E-state index contributed by atoms with van der Waals surface area (Å²) in [5.74, 6) is 0.251. The number of hydrogen-bond acceptors (Lipinski definition) is 3. The lowest BCUT2D eigenvalue weighted by Gasteiger charge is -2.13. The molecule has 0 unspecified atom stereocenters. The normalized spacial score (nSPS) is 10.3. The molecule has 0 spiro atoms. The van der Waals surface area contributed by atoms with Gasteiger partial charge in [0.1, 0.15) is 5.75 Å². The molecule has 0 aliphatic rings. The third-order valence-electron chi connectivity index (χ3n) is 3.44. The fourth-order valence-electron chi connectivity index (χ4n) is 2.09. The quantitative estimate of drug-likeness (QED) is 0.810. The fraction of sp³-hybridized carbons (Fsp3) is 0.278. The molecule has 4 nitrogen and oxygen atoms in total. The molecule has 0 atom stereocenters. The molecule has 1 N–H and O–H groups in total. The summed E-state index contributed by atoms with van der Waals surface area (Å²) in [7, 11) is 4.00. The van der Waals surface area contributed by atoms with Crippen molar-refractivity contribution < 1.29 is 9.53 Å². The lowest BCUT2D eigenvalue weighted by atomic mass is 10.1. The van der Waals surface area contributed by atoms with Crippen molar-refractivity contribution >= 4 is 34.8 Å². The molecule has 0 bridgehead atoms. The molecule has 0 aromatic heterocycles. The van der Waals surface area contributed by atoms with Crippen molar-refractivity contribution in [3.8, 4) is 5.75 Å². The van der Waals surface area contributed by atoms with Crippen LogP contribution in [0, 0.1) is 0 Å². The molecule has 128 valence electrons. The number of hydrogen-bond donors (Lipinski definition) is 1. The van der Waals surface area contributed by atoms with E-state index in [9.17, 15) is 4.79 Å². The smallest absolute Gasteiger partial charge is 0.257 e. The number of nitrogens with one attached hydrogen (secondary N) is 1. The van der Waals surface area contributed by atoms with Crippen LogP contribution in [-0.4, -0.2) is 33.2 Å². The van der Waals surface area contributed by atoms with Gasteiger partial charge in [0.05, 0.1) is 5.02 Å². The largest absolute Gasteiger partial charge is 0.482 e. The van der Waals surface area contributed by atoms with Crippen molar-refractivity contribution in [3.05, 3.63) is 58.1 Å². The summed E-state index contributed by atoms with van der Waals surface area (Å²) in [4.78, 5) is 13.9. The first-order chi connectivity index (χ1) is 11.5. The topological polar surface area (TPSA) is 41.6 Å². The number of amides is 1. The Morgan fingerprint density at radius 1 is 1.12 bits per heavy atom. The number of rotatable bonds is 7. The maximum absolute atomic E-state index is 11.8. The van der Waals surface area contributed by atoms with Crippen molar-refractivity contribution in [3.63, 3.8) is 0 Å². The predicted molar refractivity (Wildman–Crippen MR) is 99.4 cm³/mol. The zero-order chi connectivity index (χ0) is 17.5. The third kappa shape index (κ3) is 5.62. The third-order valence-corrected chi connectivity index (χ3v) is 3.97. The molecule has 1 amide bonds. The first-order valence-corrected chi connectivity index (χ1v) is 8.32. The summed E-state index contributed by atoms with van der Waals surface area (Å²) in [6, 6.07) is 13.1. The minimum atomic E-state index is -0.189. The molecule has 2 aromatic rings. The maximum Gasteiger partial charge on any atom is 0.257 e. The summed E-state index contributed by atoms with van der Waals surface area (Å²) in [5, 5.41) is 3.74. The van der Waals surface area contributed by atoms with Crippen LogP contribution in [0.5, 0.6) is 5.75 Å². The Hall–Kier alpha value is -1.91. The van der Waals surface area contributed by atoms with E-state index in [1.165, 1.54) is 5.56 Å². The summed E-state index contributed by atoms with van der Waals surface area (Å²) < 4.78 is 5.39. The van der Waals surface area contributed by atoms with Crippen LogP contribution in [0.1, 0.15) is 5.56 Å². The van der Waals surface area contributed by atoms with Gasteiger partial charge in [-0.3, -0.25) is 4.79 Å². The number of anilines is 1. The molecule has 0 saturated heterocycles. The maximum atomic E-state index is 11.8. The number of halogens is 2. The van der Waals surface area contributed by atoms with Gasteiger partial charge in [0, 0.05) is 31.4 Å². The van der Waals surface area contributed by atoms with E-state index in [-0.39, 0.29) is 12.5 Å². The Balaban J connectivity index is 1.73. The number of carbonyl (C=O) groups is 1. The van der Waals surface area contributed by atoms with Gasteiger partial charge in [-0.25, -0.2) is 0 Å². The Morgan fingerprint density at radius 3 is 2.46 bits per heavy atom. The average Bonchev–Trinajstić information content (AvgIpc) is 2.54. The molecule has 0 aliphatic carbocycles. The van der Waals surface area contributed by atoms with Crippen LogP contribution in [0.2, 0.25) is 10.0 Å². The molecular formula is C18H20Cl2N2O2. The molecule has 2 aromatic carbocycles. The van der Waals surface area contributed by atoms with Crippen molar-refractivity contribution in [2.45, 2.75) is 6.42 Å².